The fourth-order valence-corrected chi connectivity index (χ4v) is 5.79. The zero-order valence-electron chi connectivity index (χ0n) is 18.3. The van der Waals surface area contributed by atoms with E-state index in [2.05, 4.69) is 40.5 Å². The third kappa shape index (κ3) is 6.79. The van der Waals surface area contributed by atoms with Crippen LogP contribution in [0.3, 0.4) is 0 Å². The predicted molar refractivity (Wildman–Crippen MR) is 121 cm³/mol. The minimum atomic E-state index is -3.21. The standard InChI is InChI=1S/C23H37N3O3S/c1-2-30(28,29)26-15-6-10-22(19-26)23(27)24-13-7-14-25-16-11-21(12-17-25)18-20-8-4-3-5-9-20/h3-5,8-9,21-22H,2,6-7,10-19H2,1H3,(H,24,27)/t22-/m1/s1. The van der Waals surface area contributed by atoms with Crippen LogP contribution in [-0.2, 0) is 21.2 Å². The summed E-state index contributed by atoms with van der Waals surface area (Å²) in [5.74, 6) is 0.669. The van der Waals surface area contributed by atoms with Gasteiger partial charge in [0, 0.05) is 19.6 Å². The number of carbonyl (C=O) groups excluding carboxylic acids is 1. The van der Waals surface area contributed by atoms with Gasteiger partial charge in [-0.1, -0.05) is 30.3 Å². The molecule has 1 atom stereocenters. The lowest BCUT2D eigenvalue weighted by molar-refractivity contribution is -0.126. The Morgan fingerprint density at radius 1 is 1.10 bits per heavy atom. The molecule has 1 N–H and O–H groups in total. The van der Waals surface area contributed by atoms with Crippen LogP contribution in [0.5, 0.6) is 0 Å². The van der Waals surface area contributed by atoms with E-state index in [0.29, 0.717) is 19.6 Å². The van der Waals surface area contributed by atoms with Crippen molar-refractivity contribution in [1.29, 1.82) is 0 Å². The third-order valence-electron chi connectivity index (χ3n) is 6.54. The average molecular weight is 436 g/mol. The summed E-state index contributed by atoms with van der Waals surface area (Å²) in [7, 11) is -3.21. The monoisotopic (exact) mass is 435 g/mol. The zero-order chi connectivity index (χ0) is 21.4. The lowest BCUT2D eigenvalue weighted by Crippen LogP contribution is -2.46. The molecule has 30 heavy (non-hydrogen) atoms. The molecule has 6 nitrogen and oxygen atoms in total. The SMILES string of the molecule is CCS(=O)(=O)N1CCC[C@@H](C(=O)NCCCN2CCC(Cc3ccccc3)CC2)C1. The van der Waals surface area contributed by atoms with Crippen LogP contribution in [0.15, 0.2) is 30.3 Å². The highest BCUT2D eigenvalue weighted by atomic mass is 32.2. The molecule has 2 saturated heterocycles. The number of sulfonamides is 1. The van der Waals surface area contributed by atoms with Crippen LogP contribution in [0.1, 0.15) is 44.6 Å². The van der Waals surface area contributed by atoms with Crippen LogP contribution in [0.4, 0.5) is 0 Å². The lowest BCUT2D eigenvalue weighted by Gasteiger charge is -2.32. The number of piperidine rings is 2. The van der Waals surface area contributed by atoms with E-state index in [9.17, 15) is 13.2 Å². The second-order valence-electron chi connectivity index (χ2n) is 8.72. The topological polar surface area (TPSA) is 69.7 Å². The van der Waals surface area contributed by atoms with Gasteiger partial charge in [0.2, 0.25) is 15.9 Å². The van der Waals surface area contributed by atoms with Crippen molar-refractivity contribution in [1.82, 2.24) is 14.5 Å². The van der Waals surface area contributed by atoms with Gasteiger partial charge in [0.25, 0.3) is 0 Å². The van der Waals surface area contributed by atoms with Crippen LogP contribution in [0.2, 0.25) is 0 Å². The molecule has 0 saturated carbocycles. The molecule has 7 heteroatoms. The Morgan fingerprint density at radius 3 is 2.53 bits per heavy atom. The molecule has 0 radical (unpaired) electrons. The smallest absolute Gasteiger partial charge is 0.224 e. The number of nitrogens with zero attached hydrogens (tertiary/aromatic N) is 2. The summed E-state index contributed by atoms with van der Waals surface area (Å²) >= 11 is 0. The summed E-state index contributed by atoms with van der Waals surface area (Å²) < 4.78 is 25.6. The number of carbonyl (C=O) groups is 1. The van der Waals surface area contributed by atoms with Crippen molar-refractivity contribution in [2.24, 2.45) is 11.8 Å². The number of nitrogens with one attached hydrogen (secondary N) is 1. The third-order valence-corrected chi connectivity index (χ3v) is 8.39. The Labute approximate surface area is 182 Å². The van der Waals surface area contributed by atoms with E-state index in [4.69, 9.17) is 0 Å². The number of amides is 1. The van der Waals surface area contributed by atoms with Crippen molar-refractivity contribution in [2.75, 3.05) is 45.0 Å². The first kappa shape index (κ1) is 23.2. The van der Waals surface area contributed by atoms with Crippen LogP contribution < -0.4 is 5.32 Å². The van der Waals surface area contributed by atoms with Gasteiger partial charge in [-0.05, 0) is 76.6 Å². The number of hydrogen-bond donors (Lipinski definition) is 1. The molecule has 0 unspecified atom stereocenters. The first-order valence-corrected chi connectivity index (χ1v) is 13.1. The molecule has 2 aliphatic rings. The van der Waals surface area contributed by atoms with Crippen molar-refractivity contribution in [3.05, 3.63) is 35.9 Å². The summed E-state index contributed by atoms with van der Waals surface area (Å²) in [5.41, 5.74) is 1.44. The van der Waals surface area contributed by atoms with Crippen molar-refractivity contribution < 1.29 is 13.2 Å². The van der Waals surface area contributed by atoms with Crippen LogP contribution in [0, 0.1) is 11.8 Å². The minimum absolute atomic E-state index is 0.00701. The van der Waals surface area contributed by atoms with Gasteiger partial charge in [-0.25, -0.2) is 12.7 Å². The maximum absolute atomic E-state index is 12.5. The number of benzene rings is 1. The molecule has 1 aromatic rings. The lowest BCUT2D eigenvalue weighted by atomic mass is 9.90. The Hall–Kier alpha value is -1.44. The van der Waals surface area contributed by atoms with Crippen LogP contribution >= 0.6 is 0 Å². The molecule has 0 spiro atoms. The minimum Gasteiger partial charge on any atom is -0.356 e. The number of hydrogen-bond acceptors (Lipinski definition) is 4. The summed E-state index contributed by atoms with van der Waals surface area (Å²) in [6, 6.07) is 10.7. The largest absolute Gasteiger partial charge is 0.356 e. The average Bonchev–Trinajstić information content (AvgIpc) is 2.78. The summed E-state index contributed by atoms with van der Waals surface area (Å²) in [4.78, 5) is 15.0. The highest BCUT2D eigenvalue weighted by Gasteiger charge is 2.31. The van der Waals surface area contributed by atoms with Gasteiger partial charge in [-0.2, -0.15) is 0 Å². The predicted octanol–water partition coefficient (Wildman–Crippen LogP) is 2.51. The van der Waals surface area contributed by atoms with Crippen molar-refractivity contribution >= 4 is 15.9 Å². The molecule has 0 aliphatic carbocycles. The zero-order valence-corrected chi connectivity index (χ0v) is 19.1. The van der Waals surface area contributed by atoms with E-state index >= 15 is 0 Å². The Kier molecular flexibility index (Phi) is 8.72. The van der Waals surface area contributed by atoms with Crippen LogP contribution in [-0.4, -0.2) is 68.6 Å². The van der Waals surface area contributed by atoms with Crippen molar-refractivity contribution in [3.63, 3.8) is 0 Å². The van der Waals surface area contributed by atoms with Crippen molar-refractivity contribution in [3.8, 4) is 0 Å². The molecule has 0 aromatic heterocycles. The van der Waals surface area contributed by atoms with Gasteiger partial charge in [0.15, 0.2) is 0 Å². The van der Waals surface area contributed by atoms with E-state index in [1.807, 2.05) is 0 Å². The molecular formula is C23H37N3O3S. The Balaban J connectivity index is 1.30. The van der Waals surface area contributed by atoms with E-state index in [1.165, 1.54) is 29.1 Å². The van der Waals surface area contributed by atoms with E-state index in [0.717, 1.165) is 44.8 Å². The summed E-state index contributed by atoms with van der Waals surface area (Å²) in [6.45, 7) is 6.48. The van der Waals surface area contributed by atoms with Gasteiger partial charge < -0.3 is 10.2 Å². The molecule has 168 valence electrons. The quantitative estimate of drug-likeness (QED) is 0.605. The van der Waals surface area contributed by atoms with E-state index in [-0.39, 0.29) is 17.6 Å². The Bertz CT molecular complexity index is 761. The first-order chi connectivity index (χ1) is 14.5. The first-order valence-electron chi connectivity index (χ1n) is 11.5. The molecule has 2 aliphatic heterocycles. The van der Waals surface area contributed by atoms with Crippen LogP contribution in [0.25, 0.3) is 0 Å². The fraction of sp³-hybridized carbons (Fsp3) is 0.696. The van der Waals surface area contributed by atoms with Gasteiger partial charge in [0.1, 0.15) is 0 Å². The van der Waals surface area contributed by atoms with Gasteiger partial charge >= 0.3 is 0 Å². The van der Waals surface area contributed by atoms with E-state index < -0.39 is 10.0 Å². The summed E-state index contributed by atoms with van der Waals surface area (Å²) in [5, 5.41) is 3.04. The molecule has 2 fully saturated rings. The number of rotatable bonds is 9. The van der Waals surface area contributed by atoms with Gasteiger partial charge in [0.05, 0.1) is 11.7 Å². The van der Waals surface area contributed by atoms with Gasteiger partial charge in [-0.3, -0.25) is 4.79 Å². The number of likely N-dealkylation sites (tertiary alicyclic amines) is 1. The maximum atomic E-state index is 12.5. The second kappa shape index (κ2) is 11.3. The molecule has 2 heterocycles. The molecule has 1 aromatic carbocycles. The normalized spacial score (nSPS) is 22.1. The summed E-state index contributed by atoms with van der Waals surface area (Å²) in [6.07, 6.45) is 6.14. The second-order valence-corrected chi connectivity index (χ2v) is 11.0. The molecular weight excluding hydrogens is 398 g/mol. The highest BCUT2D eigenvalue weighted by molar-refractivity contribution is 7.89. The maximum Gasteiger partial charge on any atom is 0.224 e. The Morgan fingerprint density at radius 2 is 1.83 bits per heavy atom. The molecule has 0 bridgehead atoms. The van der Waals surface area contributed by atoms with Gasteiger partial charge in [-0.15, -0.1) is 0 Å². The van der Waals surface area contributed by atoms with E-state index in [1.54, 1.807) is 6.92 Å². The molecule has 1 amide bonds. The van der Waals surface area contributed by atoms with Crippen molar-refractivity contribution in [2.45, 2.75) is 45.4 Å². The highest BCUT2D eigenvalue weighted by Crippen LogP contribution is 2.22. The molecule has 3 rings (SSSR count). The fourth-order valence-electron chi connectivity index (χ4n) is 4.61.